The van der Waals surface area contributed by atoms with Gasteiger partial charge in [0.2, 0.25) is 0 Å². The zero-order chi connectivity index (χ0) is 21.4. The summed E-state index contributed by atoms with van der Waals surface area (Å²) < 4.78 is 26.2. The van der Waals surface area contributed by atoms with Gasteiger partial charge in [-0.15, -0.1) is 11.3 Å². The zero-order valence-corrected chi connectivity index (χ0v) is 17.7. The van der Waals surface area contributed by atoms with Crippen LogP contribution in [0.15, 0.2) is 48.5 Å². The molecule has 8 heteroatoms. The van der Waals surface area contributed by atoms with E-state index in [1.807, 2.05) is 35.9 Å². The molecule has 6 nitrogen and oxygen atoms in total. The van der Waals surface area contributed by atoms with Crippen LogP contribution in [0.3, 0.4) is 0 Å². The highest BCUT2D eigenvalue weighted by Crippen LogP contribution is 2.31. The Kier molecular flexibility index (Phi) is 5.07. The van der Waals surface area contributed by atoms with Gasteiger partial charge in [-0.1, -0.05) is 18.2 Å². The van der Waals surface area contributed by atoms with Crippen LogP contribution in [0.5, 0.6) is 11.5 Å². The average molecular weight is 437 g/mol. The van der Waals surface area contributed by atoms with Crippen molar-refractivity contribution in [2.45, 2.75) is 20.0 Å². The Morgan fingerprint density at radius 3 is 2.65 bits per heavy atom. The number of hydrogen-bond acceptors (Lipinski definition) is 5. The van der Waals surface area contributed by atoms with Crippen LogP contribution in [0.4, 0.5) is 4.39 Å². The van der Waals surface area contributed by atoms with Crippen LogP contribution in [0.2, 0.25) is 0 Å². The van der Waals surface area contributed by atoms with Crippen molar-refractivity contribution in [3.63, 3.8) is 0 Å². The second-order valence-electron chi connectivity index (χ2n) is 7.36. The van der Waals surface area contributed by atoms with Gasteiger partial charge in [0.15, 0.2) is 11.5 Å². The normalized spacial score (nSPS) is 12.8. The van der Waals surface area contributed by atoms with Crippen LogP contribution >= 0.6 is 11.3 Å². The maximum Gasteiger partial charge on any atom is 0.261 e. The molecule has 0 unspecified atom stereocenters. The molecule has 1 N–H and O–H groups in total. The zero-order valence-electron chi connectivity index (χ0n) is 16.9. The van der Waals surface area contributed by atoms with E-state index in [9.17, 15) is 9.18 Å². The Hall–Kier alpha value is -3.39. The minimum Gasteiger partial charge on any atom is -0.486 e. The number of nitrogens with one attached hydrogen (secondary N) is 1. The van der Waals surface area contributed by atoms with E-state index in [2.05, 4.69) is 10.4 Å². The number of amides is 1. The molecule has 31 heavy (non-hydrogen) atoms. The van der Waals surface area contributed by atoms with Gasteiger partial charge in [-0.2, -0.15) is 5.10 Å². The molecular formula is C23H20FN3O3S. The van der Waals surface area contributed by atoms with E-state index in [-0.39, 0.29) is 11.7 Å². The second-order valence-corrected chi connectivity index (χ2v) is 8.39. The average Bonchev–Trinajstić information content (AvgIpc) is 3.35. The van der Waals surface area contributed by atoms with E-state index >= 15 is 0 Å². The third-order valence-corrected chi connectivity index (χ3v) is 6.28. The maximum atomic E-state index is 13.2. The van der Waals surface area contributed by atoms with Crippen molar-refractivity contribution in [1.82, 2.24) is 15.1 Å². The Bertz CT molecular complexity index is 1260. The standard InChI is InChI=1S/C23H20FN3O3S/c1-14-18-11-21(31-23(18)27(26-14)13-15-2-5-17(24)6-3-15)22(28)25-12-16-4-7-19-20(10-16)30-9-8-29-19/h2-7,10-11H,8-9,12-13H2,1H3,(H,25,28). The van der Waals surface area contributed by atoms with Crippen molar-refractivity contribution >= 4 is 27.5 Å². The number of hydrogen-bond donors (Lipinski definition) is 1. The first-order chi connectivity index (χ1) is 15.1. The summed E-state index contributed by atoms with van der Waals surface area (Å²) in [6.45, 7) is 3.91. The van der Waals surface area contributed by atoms with Gasteiger partial charge in [-0.05, 0) is 48.4 Å². The summed E-state index contributed by atoms with van der Waals surface area (Å²) in [7, 11) is 0. The fraction of sp³-hybridized carbons (Fsp3) is 0.217. The molecule has 5 rings (SSSR count). The number of halogens is 1. The number of aromatic nitrogens is 2. The number of nitrogens with zero attached hydrogens (tertiary/aromatic N) is 2. The number of aryl methyl sites for hydroxylation is 1. The summed E-state index contributed by atoms with van der Waals surface area (Å²) in [4.78, 5) is 14.3. The van der Waals surface area contributed by atoms with Gasteiger partial charge in [0, 0.05) is 11.9 Å². The molecule has 4 aromatic rings. The topological polar surface area (TPSA) is 65.4 Å². The van der Waals surface area contributed by atoms with Gasteiger partial charge < -0.3 is 14.8 Å². The first-order valence-corrected chi connectivity index (χ1v) is 10.8. The van der Waals surface area contributed by atoms with Crippen LogP contribution in [0.25, 0.3) is 10.2 Å². The number of carbonyl (C=O) groups is 1. The fourth-order valence-electron chi connectivity index (χ4n) is 3.56. The molecular weight excluding hydrogens is 417 g/mol. The number of ether oxygens (including phenoxy) is 2. The van der Waals surface area contributed by atoms with Crippen molar-refractivity contribution in [3.05, 3.63) is 76.0 Å². The van der Waals surface area contributed by atoms with E-state index < -0.39 is 0 Å². The molecule has 3 heterocycles. The van der Waals surface area contributed by atoms with Crippen LogP contribution in [0.1, 0.15) is 26.5 Å². The lowest BCUT2D eigenvalue weighted by atomic mass is 10.2. The van der Waals surface area contributed by atoms with Crippen molar-refractivity contribution in [2.24, 2.45) is 0 Å². The van der Waals surface area contributed by atoms with Gasteiger partial charge in [0.1, 0.15) is 23.9 Å². The first kappa shape index (κ1) is 19.6. The van der Waals surface area contributed by atoms with Gasteiger partial charge >= 0.3 is 0 Å². The van der Waals surface area contributed by atoms with Crippen LogP contribution < -0.4 is 14.8 Å². The minimum absolute atomic E-state index is 0.135. The van der Waals surface area contributed by atoms with Crippen molar-refractivity contribution < 1.29 is 18.7 Å². The predicted octanol–water partition coefficient (Wildman–Crippen LogP) is 4.29. The van der Waals surface area contributed by atoms with Gasteiger partial charge in [0.25, 0.3) is 5.91 Å². The summed E-state index contributed by atoms with van der Waals surface area (Å²) in [6.07, 6.45) is 0. The molecule has 0 spiro atoms. The third-order valence-electron chi connectivity index (χ3n) is 5.14. The molecule has 158 valence electrons. The summed E-state index contributed by atoms with van der Waals surface area (Å²) in [5.41, 5.74) is 2.75. The van der Waals surface area contributed by atoms with Crippen LogP contribution in [-0.2, 0) is 13.1 Å². The molecule has 0 bridgehead atoms. The summed E-state index contributed by atoms with van der Waals surface area (Å²) in [6, 6.07) is 13.9. The lowest BCUT2D eigenvalue weighted by Crippen LogP contribution is -2.22. The van der Waals surface area contributed by atoms with E-state index in [1.54, 1.807) is 12.1 Å². The summed E-state index contributed by atoms with van der Waals surface area (Å²) in [5.74, 6) is 1.03. The molecule has 0 fully saturated rings. The SMILES string of the molecule is Cc1nn(Cc2ccc(F)cc2)c2sc(C(=O)NCc3ccc4c(c3)OCCO4)cc12. The number of rotatable bonds is 5. The van der Waals surface area contributed by atoms with Crippen molar-refractivity contribution in [2.75, 3.05) is 13.2 Å². The third kappa shape index (κ3) is 3.98. The van der Waals surface area contributed by atoms with Crippen molar-refractivity contribution in [1.29, 1.82) is 0 Å². The lowest BCUT2D eigenvalue weighted by molar-refractivity contribution is 0.0955. The van der Waals surface area contributed by atoms with E-state index in [4.69, 9.17) is 9.47 Å². The maximum absolute atomic E-state index is 13.2. The smallest absolute Gasteiger partial charge is 0.261 e. The number of thiophene rings is 1. The Labute approximate surface area is 182 Å². The fourth-order valence-corrected chi connectivity index (χ4v) is 4.64. The molecule has 2 aromatic carbocycles. The van der Waals surface area contributed by atoms with E-state index in [0.717, 1.165) is 32.8 Å². The summed E-state index contributed by atoms with van der Waals surface area (Å²) >= 11 is 1.40. The predicted molar refractivity (Wildman–Crippen MR) is 116 cm³/mol. The van der Waals surface area contributed by atoms with Crippen molar-refractivity contribution in [3.8, 4) is 11.5 Å². The largest absolute Gasteiger partial charge is 0.486 e. The molecule has 0 atom stereocenters. The highest BCUT2D eigenvalue weighted by atomic mass is 32.1. The van der Waals surface area contributed by atoms with Crippen LogP contribution in [-0.4, -0.2) is 28.9 Å². The van der Waals surface area contributed by atoms with Gasteiger partial charge in [-0.3, -0.25) is 9.48 Å². The van der Waals surface area contributed by atoms with Gasteiger partial charge in [-0.25, -0.2) is 4.39 Å². The number of fused-ring (bicyclic) bond motifs is 2. The summed E-state index contributed by atoms with van der Waals surface area (Å²) in [5, 5.41) is 8.50. The molecule has 1 aliphatic rings. The highest BCUT2D eigenvalue weighted by Gasteiger charge is 2.17. The number of carbonyl (C=O) groups excluding carboxylic acids is 1. The Balaban J connectivity index is 1.32. The monoisotopic (exact) mass is 437 g/mol. The van der Waals surface area contributed by atoms with Gasteiger partial charge in [0.05, 0.1) is 17.1 Å². The number of benzene rings is 2. The Morgan fingerprint density at radius 2 is 1.84 bits per heavy atom. The van der Waals surface area contributed by atoms with Crippen LogP contribution in [0, 0.1) is 12.7 Å². The van der Waals surface area contributed by atoms with E-state index in [1.165, 1.54) is 23.5 Å². The molecule has 0 saturated heterocycles. The lowest BCUT2D eigenvalue weighted by Gasteiger charge is -2.18. The minimum atomic E-state index is -0.265. The first-order valence-electron chi connectivity index (χ1n) is 9.95. The molecule has 1 amide bonds. The molecule has 1 aliphatic heterocycles. The molecule has 0 aliphatic carbocycles. The Morgan fingerprint density at radius 1 is 1.10 bits per heavy atom. The second kappa shape index (κ2) is 8.03. The highest BCUT2D eigenvalue weighted by molar-refractivity contribution is 7.20. The molecule has 0 saturated carbocycles. The molecule has 0 radical (unpaired) electrons. The molecule has 2 aromatic heterocycles. The quantitative estimate of drug-likeness (QED) is 0.506. The van der Waals surface area contributed by atoms with E-state index in [0.29, 0.717) is 36.9 Å².